The number of ether oxygens (including phenoxy) is 1. The fourth-order valence-corrected chi connectivity index (χ4v) is 2.77. The van der Waals surface area contributed by atoms with Crippen LogP contribution in [0.15, 0.2) is 42.5 Å². The fraction of sp³-hybridized carbons (Fsp3) is 0.294. The molecule has 0 saturated carbocycles. The van der Waals surface area contributed by atoms with E-state index in [1.165, 1.54) is 17.7 Å². The number of hydrogen-bond acceptors (Lipinski definition) is 2. The molecule has 0 amide bonds. The first-order valence-corrected chi connectivity index (χ1v) is 7.03. The molecular formula is C17H17F2NO. The summed E-state index contributed by atoms with van der Waals surface area (Å²) in [6, 6.07) is 12.0. The first-order chi connectivity index (χ1) is 10.2. The summed E-state index contributed by atoms with van der Waals surface area (Å²) in [5, 5.41) is 3.22. The zero-order valence-electron chi connectivity index (χ0n) is 11.8. The zero-order chi connectivity index (χ0) is 14.8. The predicted molar refractivity (Wildman–Crippen MR) is 77.5 cm³/mol. The number of para-hydroxylation sites is 1. The highest BCUT2D eigenvalue weighted by Crippen LogP contribution is 2.30. The molecule has 4 heteroatoms. The Morgan fingerprint density at radius 2 is 2.00 bits per heavy atom. The Morgan fingerprint density at radius 1 is 1.19 bits per heavy atom. The molecule has 1 heterocycles. The highest BCUT2D eigenvalue weighted by molar-refractivity contribution is 5.38. The number of likely N-dealkylation sites (N-methyl/N-ethyl adjacent to an activating group) is 1. The average molecular weight is 289 g/mol. The van der Waals surface area contributed by atoms with Crippen LogP contribution >= 0.6 is 0 Å². The van der Waals surface area contributed by atoms with Crippen LogP contribution in [0.1, 0.15) is 11.1 Å². The summed E-state index contributed by atoms with van der Waals surface area (Å²) in [5.41, 5.74) is 1.95. The standard InChI is InChI=1S/C17H17F2NO/c1-20-15(9-11-6-7-13(18)14(19)8-11)17-10-12-4-2-3-5-16(12)21-17/h2-8,15,17,20H,9-10H2,1H3. The van der Waals surface area contributed by atoms with Crippen LogP contribution in [-0.2, 0) is 12.8 Å². The molecule has 21 heavy (non-hydrogen) atoms. The van der Waals surface area contributed by atoms with E-state index in [9.17, 15) is 8.78 Å². The van der Waals surface area contributed by atoms with Gasteiger partial charge in [-0.1, -0.05) is 24.3 Å². The van der Waals surface area contributed by atoms with Crippen LogP contribution in [0.3, 0.4) is 0 Å². The Bertz CT molecular complexity index is 619. The SMILES string of the molecule is CNC(Cc1ccc(F)c(F)c1)C1Cc2ccccc2O1. The number of halogens is 2. The van der Waals surface area contributed by atoms with Gasteiger partial charge in [-0.2, -0.15) is 0 Å². The van der Waals surface area contributed by atoms with Crippen LogP contribution in [0.2, 0.25) is 0 Å². The van der Waals surface area contributed by atoms with Gasteiger partial charge >= 0.3 is 0 Å². The van der Waals surface area contributed by atoms with Crippen molar-refractivity contribution in [1.29, 1.82) is 0 Å². The molecule has 2 nitrogen and oxygen atoms in total. The molecule has 1 N–H and O–H groups in total. The Labute approximate surface area is 122 Å². The molecule has 0 radical (unpaired) electrons. The molecule has 0 bridgehead atoms. The van der Waals surface area contributed by atoms with Crippen LogP contribution in [0.4, 0.5) is 8.78 Å². The van der Waals surface area contributed by atoms with Crippen molar-refractivity contribution in [2.24, 2.45) is 0 Å². The van der Waals surface area contributed by atoms with Crippen LogP contribution in [0, 0.1) is 11.6 Å². The van der Waals surface area contributed by atoms with E-state index in [1.54, 1.807) is 6.07 Å². The van der Waals surface area contributed by atoms with Gasteiger partial charge in [0.15, 0.2) is 11.6 Å². The Morgan fingerprint density at radius 3 is 2.71 bits per heavy atom. The second-order valence-electron chi connectivity index (χ2n) is 5.32. The van der Waals surface area contributed by atoms with Crippen LogP contribution in [0.5, 0.6) is 5.75 Å². The molecule has 0 fully saturated rings. The highest BCUT2D eigenvalue weighted by atomic mass is 19.2. The Hall–Kier alpha value is -1.94. The molecule has 3 rings (SSSR count). The summed E-state index contributed by atoms with van der Waals surface area (Å²) in [4.78, 5) is 0. The van der Waals surface area contributed by atoms with Gasteiger partial charge in [-0.15, -0.1) is 0 Å². The maximum absolute atomic E-state index is 13.3. The minimum atomic E-state index is -0.815. The smallest absolute Gasteiger partial charge is 0.159 e. The lowest BCUT2D eigenvalue weighted by molar-refractivity contribution is 0.182. The Balaban J connectivity index is 1.73. The highest BCUT2D eigenvalue weighted by Gasteiger charge is 2.29. The van der Waals surface area contributed by atoms with Crippen molar-refractivity contribution in [1.82, 2.24) is 5.32 Å². The van der Waals surface area contributed by atoms with E-state index < -0.39 is 11.6 Å². The second-order valence-corrected chi connectivity index (χ2v) is 5.32. The first-order valence-electron chi connectivity index (χ1n) is 7.03. The number of hydrogen-bond donors (Lipinski definition) is 1. The van der Waals surface area contributed by atoms with Gasteiger partial charge in [0, 0.05) is 12.5 Å². The molecule has 0 aliphatic carbocycles. The van der Waals surface area contributed by atoms with E-state index in [-0.39, 0.29) is 12.1 Å². The number of fused-ring (bicyclic) bond motifs is 1. The molecule has 2 atom stereocenters. The summed E-state index contributed by atoms with van der Waals surface area (Å²) in [5.74, 6) is -0.713. The average Bonchev–Trinajstić information content (AvgIpc) is 2.92. The summed E-state index contributed by atoms with van der Waals surface area (Å²) >= 11 is 0. The van der Waals surface area contributed by atoms with Crippen molar-refractivity contribution in [3.05, 3.63) is 65.2 Å². The lowest BCUT2D eigenvalue weighted by atomic mass is 9.98. The molecular weight excluding hydrogens is 272 g/mol. The van der Waals surface area contributed by atoms with Gasteiger partial charge < -0.3 is 10.1 Å². The van der Waals surface area contributed by atoms with Gasteiger partial charge in [0.05, 0.1) is 0 Å². The van der Waals surface area contributed by atoms with Gasteiger partial charge in [0.2, 0.25) is 0 Å². The van der Waals surface area contributed by atoms with Crippen molar-refractivity contribution < 1.29 is 13.5 Å². The van der Waals surface area contributed by atoms with E-state index in [0.717, 1.165) is 17.7 Å². The van der Waals surface area contributed by atoms with E-state index >= 15 is 0 Å². The Kier molecular flexibility index (Phi) is 3.88. The minimum absolute atomic E-state index is 0.000476. The van der Waals surface area contributed by atoms with Crippen molar-refractivity contribution in [3.63, 3.8) is 0 Å². The van der Waals surface area contributed by atoms with Crippen LogP contribution < -0.4 is 10.1 Å². The monoisotopic (exact) mass is 289 g/mol. The maximum atomic E-state index is 13.3. The minimum Gasteiger partial charge on any atom is -0.488 e. The maximum Gasteiger partial charge on any atom is 0.159 e. The van der Waals surface area contributed by atoms with Crippen LogP contribution in [-0.4, -0.2) is 19.2 Å². The van der Waals surface area contributed by atoms with Crippen molar-refractivity contribution in [2.45, 2.75) is 25.0 Å². The third-order valence-corrected chi connectivity index (χ3v) is 3.93. The summed E-state index contributed by atoms with van der Waals surface area (Å²) in [6.45, 7) is 0. The molecule has 2 unspecified atom stereocenters. The number of benzene rings is 2. The molecule has 0 saturated heterocycles. The summed E-state index contributed by atoms with van der Waals surface area (Å²) in [7, 11) is 1.86. The number of rotatable bonds is 4. The lowest BCUT2D eigenvalue weighted by Gasteiger charge is -2.23. The summed E-state index contributed by atoms with van der Waals surface area (Å²) < 4.78 is 32.2. The van der Waals surface area contributed by atoms with E-state index in [4.69, 9.17) is 4.74 Å². The number of nitrogens with one attached hydrogen (secondary N) is 1. The van der Waals surface area contributed by atoms with Gasteiger partial charge in [-0.05, 0) is 42.8 Å². The topological polar surface area (TPSA) is 21.3 Å². The third-order valence-electron chi connectivity index (χ3n) is 3.93. The molecule has 1 aliphatic heterocycles. The van der Waals surface area contributed by atoms with Crippen LogP contribution in [0.25, 0.3) is 0 Å². The lowest BCUT2D eigenvalue weighted by Crippen LogP contribution is -2.42. The van der Waals surface area contributed by atoms with E-state index in [1.807, 2.05) is 25.2 Å². The second kappa shape index (κ2) is 5.82. The molecule has 1 aliphatic rings. The molecule has 110 valence electrons. The largest absolute Gasteiger partial charge is 0.488 e. The fourth-order valence-electron chi connectivity index (χ4n) is 2.77. The van der Waals surface area contributed by atoms with Crippen molar-refractivity contribution in [2.75, 3.05) is 7.05 Å². The van der Waals surface area contributed by atoms with Gasteiger partial charge in [-0.3, -0.25) is 0 Å². The van der Waals surface area contributed by atoms with Gasteiger partial charge in [-0.25, -0.2) is 8.78 Å². The van der Waals surface area contributed by atoms with Crippen molar-refractivity contribution >= 4 is 0 Å². The zero-order valence-corrected chi connectivity index (χ0v) is 11.8. The molecule has 2 aromatic rings. The van der Waals surface area contributed by atoms with Gasteiger partial charge in [0.1, 0.15) is 11.9 Å². The normalized spacial score (nSPS) is 18.1. The van der Waals surface area contributed by atoms with Gasteiger partial charge in [0.25, 0.3) is 0 Å². The third kappa shape index (κ3) is 2.90. The van der Waals surface area contributed by atoms with E-state index in [2.05, 4.69) is 11.4 Å². The molecule has 0 spiro atoms. The summed E-state index contributed by atoms with van der Waals surface area (Å²) in [6.07, 6.45) is 1.41. The quantitative estimate of drug-likeness (QED) is 0.934. The van der Waals surface area contributed by atoms with E-state index in [0.29, 0.717) is 6.42 Å². The molecule has 2 aromatic carbocycles. The predicted octanol–water partition coefficient (Wildman–Crippen LogP) is 3.10. The first kappa shape index (κ1) is 14.0. The molecule has 0 aromatic heterocycles. The van der Waals surface area contributed by atoms with Crippen molar-refractivity contribution in [3.8, 4) is 5.75 Å².